The topological polar surface area (TPSA) is 27.1 Å². The summed E-state index contributed by atoms with van der Waals surface area (Å²) in [5, 5.41) is 4.67. The summed E-state index contributed by atoms with van der Waals surface area (Å²) in [4.78, 5) is 7.57. The number of hydrogen-bond acceptors (Lipinski definition) is 2. The minimum absolute atomic E-state index is 0.252. The van der Waals surface area contributed by atoms with E-state index in [-0.39, 0.29) is 5.82 Å². The van der Waals surface area contributed by atoms with Gasteiger partial charge in [-0.1, -0.05) is 65.5 Å². The van der Waals surface area contributed by atoms with Crippen molar-refractivity contribution in [2.24, 2.45) is 0 Å². The number of halogens is 1. The van der Waals surface area contributed by atoms with E-state index in [1.807, 2.05) is 30.3 Å². The van der Waals surface area contributed by atoms with Gasteiger partial charge in [0.2, 0.25) is 0 Å². The molecule has 1 aromatic heterocycles. The van der Waals surface area contributed by atoms with Crippen LogP contribution >= 0.6 is 0 Å². The lowest BCUT2D eigenvalue weighted by Crippen LogP contribution is -2.17. The van der Waals surface area contributed by atoms with E-state index in [4.69, 9.17) is 4.84 Å². The standard InChI is InChI=1S/C26H25FN2O/c27-24-16-14-23(15-17-24)26-20-25(13-7-12-21-8-3-1-4-9-21)28-29(26)30-19-18-22-10-5-2-6-11-22/h1-6,8-11,14-17,20H,7,12-13,18-19H2. The van der Waals surface area contributed by atoms with Crippen molar-refractivity contribution in [3.8, 4) is 11.3 Å². The summed E-state index contributed by atoms with van der Waals surface area (Å²) >= 11 is 0. The van der Waals surface area contributed by atoms with Gasteiger partial charge in [-0.15, -0.1) is 5.10 Å². The van der Waals surface area contributed by atoms with Crippen molar-refractivity contribution in [2.45, 2.75) is 25.7 Å². The van der Waals surface area contributed by atoms with Gasteiger partial charge < -0.3 is 4.84 Å². The van der Waals surface area contributed by atoms with Crippen molar-refractivity contribution >= 4 is 0 Å². The molecule has 4 rings (SSSR count). The van der Waals surface area contributed by atoms with Crippen molar-refractivity contribution in [3.63, 3.8) is 0 Å². The molecule has 3 aromatic carbocycles. The smallest absolute Gasteiger partial charge is 0.123 e. The van der Waals surface area contributed by atoms with Gasteiger partial charge in [0, 0.05) is 12.0 Å². The van der Waals surface area contributed by atoms with E-state index in [0.717, 1.165) is 42.6 Å². The normalized spacial score (nSPS) is 10.8. The molecule has 0 bridgehead atoms. The molecule has 0 saturated carbocycles. The largest absolute Gasteiger partial charge is 0.396 e. The van der Waals surface area contributed by atoms with Gasteiger partial charge in [0.1, 0.15) is 18.1 Å². The molecular weight excluding hydrogens is 375 g/mol. The first-order valence-electron chi connectivity index (χ1n) is 10.3. The molecule has 0 amide bonds. The second-order valence-electron chi connectivity index (χ2n) is 7.31. The maximum absolute atomic E-state index is 13.4. The number of rotatable bonds is 9. The molecule has 0 aliphatic rings. The molecule has 0 radical (unpaired) electrons. The van der Waals surface area contributed by atoms with Gasteiger partial charge in [-0.3, -0.25) is 0 Å². The Morgan fingerprint density at radius 3 is 2.03 bits per heavy atom. The Hall–Kier alpha value is -3.40. The summed E-state index contributed by atoms with van der Waals surface area (Å²) in [6, 6.07) is 29.2. The minimum atomic E-state index is -0.252. The van der Waals surface area contributed by atoms with Gasteiger partial charge in [-0.2, -0.15) is 0 Å². The van der Waals surface area contributed by atoms with Crippen molar-refractivity contribution in [2.75, 3.05) is 6.61 Å². The summed E-state index contributed by atoms with van der Waals surface area (Å²) in [5.41, 5.74) is 5.26. The van der Waals surface area contributed by atoms with Crippen LogP contribution < -0.4 is 4.84 Å². The van der Waals surface area contributed by atoms with Gasteiger partial charge in [0.25, 0.3) is 0 Å². The Kier molecular flexibility index (Phi) is 6.55. The van der Waals surface area contributed by atoms with Gasteiger partial charge in [-0.05, 0) is 60.7 Å². The van der Waals surface area contributed by atoms with Crippen LogP contribution in [0, 0.1) is 5.82 Å². The number of hydrogen-bond donors (Lipinski definition) is 0. The Morgan fingerprint density at radius 2 is 1.37 bits per heavy atom. The molecule has 0 unspecified atom stereocenters. The van der Waals surface area contributed by atoms with Gasteiger partial charge in [0.15, 0.2) is 0 Å². The quantitative estimate of drug-likeness (QED) is 0.369. The molecule has 0 spiro atoms. The lowest BCUT2D eigenvalue weighted by atomic mass is 10.1. The lowest BCUT2D eigenvalue weighted by Gasteiger charge is -2.09. The molecule has 30 heavy (non-hydrogen) atoms. The lowest BCUT2D eigenvalue weighted by molar-refractivity contribution is 0.0874. The zero-order valence-corrected chi connectivity index (χ0v) is 16.9. The van der Waals surface area contributed by atoms with Crippen LogP contribution in [0.3, 0.4) is 0 Å². The highest BCUT2D eigenvalue weighted by atomic mass is 19.1. The van der Waals surface area contributed by atoms with Crippen molar-refractivity contribution in [3.05, 3.63) is 114 Å². The van der Waals surface area contributed by atoms with Crippen LogP contribution in [0.25, 0.3) is 11.3 Å². The van der Waals surface area contributed by atoms with Gasteiger partial charge >= 0.3 is 0 Å². The fourth-order valence-electron chi connectivity index (χ4n) is 3.46. The molecule has 4 aromatic rings. The fourth-order valence-corrected chi connectivity index (χ4v) is 3.46. The zero-order valence-electron chi connectivity index (χ0n) is 16.9. The Bertz CT molecular complexity index is 1040. The molecule has 0 atom stereocenters. The molecule has 4 heteroatoms. The molecule has 152 valence electrons. The molecule has 0 N–H and O–H groups in total. The van der Waals surface area contributed by atoms with Crippen LogP contribution in [-0.2, 0) is 19.3 Å². The summed E-state index contributed by atoms with van der Waals surface area (Å²) in [6.07, 6.45) is 3.67. The highest BCUT2D eigenvalue weighted by Crippen LogP contribution is 2.21. The Balaban J connectivity index is 1.45. The maximum atomic E-state index is 13.4. The molecule has 1 heterocycles. The second kappa shape index (κ2) is 9.88. The van der Waals surface area contributed by atoms with E-state index >= 15 is 0 Å². The van der Waals surface area contributed by atoms with Crippen LogP contribution in [0.1, 0.15) is 23.2 Å². The first-order chi connectivity index (χ1) is 14.8. The molecule has 0 saturated heterocycles. The van der Waals surface area contributed by atoms with E-state index in [1.165, 1.54) is 23.3 Å². The van der Waals surface area contributed by atoms with E-state index in [2.05, 4.69) is 41.5 Å². The first kappa shape index (κ1) is 19.9. The van der Waals surface area contributed by atoms with E-state index < -0.39 is 0 Å². The number of aromatic nitrogens is 2. The number of benzene rings is 3. The zero-order chi connectivity index (χ0) is 20.6. The third kappa shape index (κ3) is 5.35. The summed E-state index contributed by atoms with van der Waals surface area (Å²) < 4.78 is 13.4. The maximum Gasteiger partial charge on any atom is 0.123 e. The molecule has 0 aliphatic heterocycles. The third-order valence-electron chi connectivity index (χ3n) is 5.06. The van der Waals surface area contributed by atoms with Crippen LogP contribution in [0.15, 0.2) is 91.0 Å². The average Bonchev–Trinajstić information content (AvgIpc) is 3.19. The van der Waals surface area contributed by atoms with Crippen LogP contribution in [0.4, 0.5) is 4.39 Å². The van der Waals surface area contributed by atoms with Crippen molar-refractivity contribution in [1.82, 2.24) is 9.94 Å². The average molecular weight is 400 g/mol. The Morgan fingerprint density at radius 1 is 0.733 bits per heavy atom. The van der Waals surface area contributed by atoms with Crippen LogP contribution in [-0.4, -0.2) is 16.6 Å². The summed E-state index contributed by atoms with van der Waals surface area (Å²) in [6.45, 7) is 0.517. The van der Waals surface area contributed by atoms with Crippen molar-refractivity contribution in [1.29, 1.82) is 0 Å². The first-order valence-corrected chi connectivity index (χ1v) is 10.3. The predicted octanol–water partition coefficient (Wildman–Crippen LogP) is 5.54. The van der Waals surface area contributed by atoms with Gasteiger partial charge in [0.05, 0.1) is 5.69 Å². The summed E-state index contributed by atoms with van der Waals surface area (Å²) in [5.74, 6) is -0.252. The van der Waals surface area contributed by atoms with E-state index in [0.29, 0.717) is 6.61 Å². The molecule has 3 nitrogen and oxygen atoms in total. The predicted molar refractivity (Wildman–Crippen MR) is 118 cm³/mol. The fraction of sp³-hybridized carbons (Fsp3) is 0.192. The molecule has 0 fully saturated rings. The highest BCUT2D eigenvalue weighted by Gasteiger charge is 2.12. The summed E-state index contributed by atoms with van der Waals surface area (Å²) in [7, 11) is 0. The third-order valence-corrected chi connectivity index (χ3v) is 5.06. The second-order valence-corrected chi connectivity index (χ2v) is 7.31. The highest BCUT2D eigenvalue weighted by molar-refractivity contribution is 5.59. The van der Waals surface area contributed by atoms with Crippen molar-refractivity contribution < 1.29 is 9.23 Å². The van der Waals surface area contributed by atoms with Crippen LogP contribution in [0.2, 0.25) is 0 Å². The SMILES string of the molecule is Fc1ccc(-c2cc(CCCc3ccccc3)nn2OCCc2ccccc2)cc1. The Labute approximate surface area is 176 Å². The number of nitrogens with zero attached hydrogens (tertiary/aromatic N) is 2. The monoisotopic (exact) mass is 400 g/mol. The molecule has 0 aliphatic carbocycles. The number of aryl methyl sites for hydroxylation is 2. The van der Waals surface area contributed by atoms with E-state index in [9.17, 15) is 4.39 Å². The van der Waals surface area contributed by atoms with Gasteiger partial charge in [-0.25, -0.2) is 4.39 Å². The van der Waals surface area contributed by atoms with Crippen LogP contribution in [0.5, 0.6) is 0 Å². The minimum Gasteiger partial charge on any atom is -0.396 e. The van der Waals surface area contributed by atoms with E-state index in [1.54, 1.807) is 17.0 Å². The molecular formula is C26H25FN2O.